The maximum Gasteiger partial charge on any atom is 0.410 e. The first kappa shape index (κ1) is 27.7. The second-order valence-electron chi connectivity index (χ2n) is 11.4. The van der Waals surface area contributed by atoms with E-state index in [0.717, 1.165) is 61.2 Å². The lowest BCUT2D eigenvalue weighted by Crippen LogP contribution is -2.50. The van der Waals surface area contributed by atoms with Crippen molar-refractivity contribution >= 4 is 29.8 Å². The summed E-state index contributed by atoms with van der Waals surface area (Å²) in [6.07, 6.45) is 5.66. The predicted octanol–water partition coefficient (Wildman–Crippen LogP) is 4.72. The van der Waals surface area contributed by atoms with Crippen LogP contribution in [0.3, 0.4) is 0 Å². The van der Waals surface area contributed by atoms with Gasteiger partial charge in [0.25, 0.3) is 0 Å². The molecule has 5 rings (SSSR count). The molecule has 0 radical (unpaired) electrons. The lowest BCUT2D eigenvalue weighted by atomic mass is 10.1. The predicted molar refractivity (Wildman–Crippen MR) is 160 cm³/mol. The summed E-state index contributed by atoms with van der Waals surface area (Å²) in [6, 6.07) is 14.7. The van der Waals surface area contributed by atoms with Gasteiger partial charge < -0.3 is 30.0 Å². The molecular formula is C31H40N6O3. The van der Waals surface area contributed by atoms with Gasteiger partial charge in [0.05, 0.1) is 24.6 Å². The first-order chi connectivity index (χ1) is 19.2. The molecule has 2 aliphatic rings. The van der Waals surface area contributed by atoms with Gasteiger partial charge in [-0.3, -0.25) is 9.88 Å². The number of carbonyl (C=O) groups excluding carboxylic acids is 1. The molecule has 4 heterocycles. The van der Waals surface area contributed by atoms with Crippen LogP contribution >= 0.6 is 0 Å². The molecule has 2 aromatic heterocycles. The summed E-state index contributed by atoms with van der Waals surface area (Å²) < 4.78 is 11.0. The second-order valence-corrected chi connectivity index (χ2v) is 11.4. The Bertz CT molecular complexity index is 1310. The number of nitrogens with two attached hydrogens (primary N) is 1. The number of aromatic amines is 1. The van der Waals surface area contributed by atoms with E-state index in [1.54, 1.807) is 4.90 Å². The Morgan fingerprint density at radius 3 is 2.45 bits per heavy atom. The van der Waals surface area contributed by atoms with Crippen LogP contribution in [0.25, 0.3) is 23.4 Å². The zero-order valence-corrected chi connectivity index (χ0v) is 23.7. The van der Waals surface area contributed by atoms with Crippen molar-refractivity contribution in [1.29, 1.82) is 0 Å². The standard InChI is InChI=1S/C31H40N6O3/c1-31(2,3)40-30(38)37-14-12-36(13-15-37)29-27(32)21-28(34-29)25-10-11-33-26(20-25)9-8-23-4-6-24(7-5-23)22-35-16-18-39-19-17-35/h4-11,20-21,34H,12-19,22,32H2,1-3H3/b9-8+. The quantitative estimate of drug-likeness (QED) is 0.463. The number of ether oxygens (including phenoxy) is 2. The number of nitrogens with zero attached hydrogens (tertiary/aromatic N) is 4. The molecular weight excluding hydrogens is 504 g/mol. The van der Waals surface area contributed by atoms with Crippen LogP contribution in [0.15, 0.2) is 48.7 Å². The normalized spacial score (nSPS) is 17.0. The van der Waals surface area contributed by atoms with Gasteiger partial charge in [-0.2, -0.15) is 0 Å². The minimum atomic E-state index is -0.501. The molecule has 9 nitrogen and oxygen atoms in total. The lowest BCUT2D eigenvalue weighted by molar-refractivity contribution is 0.0240. The third-order valence-corrected chi connectivity index (χ3v) is 7.10. The van der Waals surface area contributed by atoms with Gasteiger partial charge in [0.2, 0.25) is 0 Å². The van der Waals surface area contributed by atoms with Crippen molar-refractivity contribution in [2.24, 2.45) is 0 Å². The van der Waals surface area contributed by atoms with Gasteiger partial charge in [-0.25, -0.2) is 4.79 Å². The van der Waals surface area contributed by atoms with Crippen molar-refractivity contribution in [3.05, 3.63) is 65.5 Å². The number of nitrogen functional groups attached to an aromatic ring is 1. The number of hydrogen-bond acceptors (Lipinski definition) is 7. The first-order valence-electron chi connectivity index (χ1n) is 14.0. The van der Waals surface area contributed by atoms with E-state index in [4.69, 9.17) is 15.2 Å². The van der Waals surface area contributed by atoms with Crippen LogP contribution in [-0.2, 0) is 16.0 Å². The number of H-pyrrole nitrogens is 1. The maximum atomic E-state index is 12.4. The molecule has 0 unspecified atom stereocenters. The Balaban J connectivity index is 1.20. The van der Waals surface area contributed by atoms with Crippen LogP contribution in [0.1, 0.15) is 37.6 Å². The maximum absolute atomic E-state index is 12.4. The Morgan fingerprint density at radius 1 is 1.02 bits per heavy atom. The summed E-state index contributed by atoms with van der Waals surface area (Å²) in [5.41, 5.74) is 11.9. The van der Waals surface area contributed by atoms with E-state index in [-0.39, 0.29) is 6.09 Å². The average Bonchev–Trinajstić information content (AvgIpc) is 3.34. The summed E-state index contributed by atoms with van der Waals surface area (Å²) in [5.74, 6) is 0.880. The highest BCUT2D eigenvalue weighted by atomic mass is 16.6. The number of anilines is 2. The molecule has 1 aromatic carbocycles. The molecule has 0 atom stereocenters. The van der Waals surface area contributed by atoms with Crippen LogP contribution in [0.4, 0.5) is 16.3 Å². The van der Waals surface area contributed by atoms with Gasteiger partial charge >= 0.3 is 6.09 Å². The summed E-state index contributed by atoms with van der Waals surface area (Å²) in [6.45, 7) is 12.7. The van der Waals surface area contributed by atoms with Crippen molar-refractivity contribution in [3.63, 3.8) is 0 Å². The van der Waals surface area contributed by atoms with E-state index in [9.17, 15) is 4.79 Å². The third kappa shape index (κ3) is 7.22. The third-order valence-electron chi connectivity index (χ3n) is 7.10. The van der Waals surface area contributed by atoms with Gasteiger partial charge in [-0.15, -0.1) is 0 Å². The largest absolute Gasteiger partial charge is 0.444 e. The molecule has 9 heteroatoms. The molecule has 0 saturated carbocycles. The van der Waals surface area contributed by atoms with E-state index in [0.29, 0.717) is 31.9 Å². The fourth-order valence-corrected chi connectivity index (χ4v) is 4.96. The van der Waals surface area contributed by atoms with E-state index in [1.165, 1.54) is 5.56 Å². The van der Waals surface area contributed by atoms with E-state index < -0.39 is 5.60 Å². The van der Waals surface area contributed by atoms with Gasteiger partial charge in [-0.1, -0.05) is 30.3 Å². The first-order valence-corrected chi connectivity index (χ1v) is 14.0. The molecule has 212 valence electrons. The van der Waals surface area contributed by atoms with Gasteiger partial charge in [0.1, 0.15) is 11.4 Å². The Morgan fingerprint density at radius 2 is 1.75 bits per heavy atom. The van der Waals surface area contributed by atoms with Crippen molar-refractivity contribution in [1.82, 2.24) is 19.8 Å². The van der Waals surface area contributed by atoms with Crippen molar-refractivity contribution in [3.8, 4) is 11.3 Å². The summed E-state index contributed by atoms with van der Waals surface area (Å²) >= 11 is 0. The lowest BCUT2D eigenvalue weighted by Gasteiger charge is -2.36. The van der Waals surface area contributed by atoms with E-state index in [2.05, 4.69) is 56.2 Å². The number of piperazine rings is 1. The Kier molecular flexibility index (Phi) is 8.42. The number of nitrogens with one attached hydrogen (secondary N) is 1. The molecule has 0 aliphatic carbocycles. The number of morpholine rings is 1. The van der Waals surface area contributed by atoms with Gasteiger partial charge in [0.15, 0.2) is 0 Å². The highest BCUT2D eigenvalue weighted by Crippen LogP contribution is 2.30. The van der Waals surface area contributed by atoms with Crippen molar-refractivity contribution in [2.75, 3.05) is 63.1 Å². The summed E-state index contributed by atoms with van der Waals surface area (Å²) in [4.78, 5) is 26.8. The summed E-state index contributed by atoms with van der Waals surface area (Å²) in [7, 11) is 0. The fourth-order valence-electron chi connectivity index (χ4n) is 4.96. The molecule has 0 spiro atoms. The van der Waals surface area contributed by atoms with E-state index >= 15 is 0 Å². The smallest absolute Gasteiger partial charge is 0.410 e. The van der Waals surface area contributed by atoms with Crippen LogP contribution in [0, 0.1) is 0 Å². The second kappa shape index (κ2) is 12.1. The zero-order valence-electron chi connectivity index (χ0n) is 23.7. The summed E-state index contributed by atoms with van der Waals surface area (Å²) in [5, 5.41) is 0. The monoisotopic (exact) mass is 544 g/mol. The highest BCUT2D eigenvalue weighted by molar-refractivity contribution is 5.77. The van der Waals surface area contributed by atoms with Crippen molar-refractivity contribution < 1.29 is 14.3 Å². The van der Waals surface area contributed by atoms with E-state index in [1.807, 2.05) is 45.2 Å². The van der Waals surface area contributed by atoms with Crippen LogP contribution in [0.2, 0.25) is 0 Å². The number of rotatable bonds is 6. The minimum absolute atomic E-state index is 0.270. The minimum Gasteiger partial charge on any atom is -0.444 e. The van der Waals surface area contributed by atoms with Crippen LogP contribution in [-0.4, -0.2) is 83.9 Å². The topological polar surface area (TPSA) is 100.0 Å². The molecule has 2 fully saturated rings. The van der Waals surface area contributed by atoms with Gasteiger partial charge in [0, 0.05) is 63.3 Å². The number of hydrogen-bond donors (Lipinski definition) is 2. The van der Waals surface area contributed by atoms with Gasteiger partial charge in [-0.05, 0) is 56.2 Å². The zero-order chi connectivity index (χ0) is 28.1. The van der Waals surface area contributed by atoms with Crippen LogP contribution < -0.4 is 10.6 Å². The molecule has 2 aliphatic heterocycles. The molecule has 40 heavy (non-hydrogen) atoms. The van der Waals surface area contributed by atoms with Crippen molar-refractivity contribution in [2.45, 2.75) is 32.9 Å². The fraction of sp³-hybridized carbons (Fsp3) is 0.419. The number of amides is 1. The molecule has 1 amide bonds. The molecule has 3 N–H and O–H groups in total. The Hall–Kier alpha value is -3.82. The van der Waals surface area contributed by atoms with Crippen LogP contribution in [0.5, 0.6) is 0 Å². The average molecular weight is 545 g/mol. The number of benzene rings is 1. The number of carbonyl (C=O) groups is 1. The SMILES string of the molecule is CC(C)(C)OC(=O)N1CCN(c2[nH]c(-c3ccnc(/C=C/c4ccc(CN5CCOCC5)cc4)c3)cc2N)CC1. The highest BCUT2D eigenvalue weighted by Gasteiger charge is 2.27. The number of pyridine rings is 1. The Labute approximate surface area is 236 Å². The molecule has 3 aromatic rings. The number of aromatic nitrogens is 2. The molecule has 2 saturated heterocycles. The molecule has 0 bridgehead atoms.